The molecule has 0 unspecified atom stereocenters. The Bertz CT molecular complexity index is 789. The van der Waals surface area contributed by atoms with Crippen LogP contribution in [0, 0.1) is 11.2 Å². The van der Waals surface area contributed by atoms with Gasteiger partial charge in [0.05, 0.1) is 23.6 Å². The van der Waals surface area contributed by atoms with E-state index in [0.717, 1.165) is 25.9 Å². The molecule has 0 radical (unpaired) electrons. The number of nitrogens with zero attached hydrogens (tertiary/aromatic N) is 1. The van der Waals surface area contributed by atoms with Crippen molar-refractivity contribution in [3.8, 4) is 0 Å². The number of benzene rings is 1. The van der Waals surface area contributed by atoms with Crippen molar-refractivity contribution in [3.05, 3.63) is 35.3 Å². The molecular weight excluding hydrogens is 349 g/mol. The minimum atomic E-state index is -0.587. The summed E-state index contributed by atoms with van der Waals surface area (Å²) in [6, 6.07) is 4.01. The number of carbonyl (C=O) groups is 2. The van der Waals surface area contributed by atoms with Crippen molar-refractivity contribution in [2.45, 2.75) is 33.6 Å². The predicted octanol–water partition coefficient (Wildman–Crippen LogP) is 3.13. The van der Waals surface area contributed by atoms with Gasteiger partial charge >= 0.3 is 5.97 Å². The monoisotopic (exact) mass is 375 g/mol. The largest absolute Gasteiger partial charge is 0.461 e. The van der Waals surface area contributed by atoms with Crippen molar-refractivity contribution in [2.75, 3.05) is 36.9 Å². The number of carbonyl (C=O) groups excluding carboxylic acids is 2. The van der Waals surface area contributed by atoms with Crippen LogP contribution in [0.2, 0.25) is 0 Å². The van der Waals surface area contributed by atoms with Crippen LogP contribution in [-0.4, -0.2) is 43.0 Å². The molecule has 1 saturated heterocycles. The second-order valence-corrected chi connectivity index (χ2v) is 7.82. The zero-order chi connectivity index (χ0) is 19.6. The van der Waals surface area contributed by atoms with Crippen LogP contribution in [0.1, 0.15) is 33.6 Å². The lowest BCUT2D eigenvalue weighted by atomic mass is 9.84. The van der Waals surface area contributed by atoms with Crippen LogP contribution in [-0.2, 0) is 14.3 Å². The van der Waals surface area contributed by atoms with Gasteiger partial charge < -0.3 is 15.4 Å². The predicted molar refractivity (Wildman–Crippen MR) is 102 cm³/mol. The molecule has 1 fully saturated rings. The average molecular weight is 375 g/mol. The van der Waals surface area contributed by atoms with E-state index in [-0.39, 0.29) is 17.7 Å². The zero-order valence-corrected chi connectivity index (χ0v) is 16.0. The first-order valence-electron chi connectivity index (χ1n) is 9.29. The number of ether oxygens (including phenoxy) is 1. The summed E-state index contributed by atoms with van der Waals surface area (Å²) in [5.74, 6) is -1.47. The maximum atomic E-state index is 13.6. The number of esters is 1. The van der Waals surface area contributed by atoms with Gasteiger partial charge in [-0.1, -0.05) is 13.8 Å². The van der Waals surface area contributed by atoms with Crippen molar-refractivity contribution < 1.29 is 18.7 Å². The van der Waals surface area contributed by atoms with E-state index in [1.54, 1.807) is 6.92 Å². The molecule has 0 bridgehead atoms. The number of hydrogen-bond donors (Lipinski definition) is 2. The quantitative estimate of drug-likeness (QED) is 0.792. The molecule has 27 heavy (non-hydrogen) atoms. The highest BCUT2D eigenvalue weighted by atomic mass is 19.1. The molecule has 0 atom stereocenters. The van der Waals surface area contributed by atoms with Gasteiger partial charge in [-0.3, -0.25) is 9.69 Å². The highest BCUT2D eigenvalue weighted by Gasteiger charge is 2.32. The molecule has 3 rings (SSSR count). The molecule has 7 heteroatoms. The van der Waals surface area contributed by atoms with E-state index in [9.17, 15) is 14.0 Å². The number of halogens is 1. The lowest BCUT2D eigenvalue weighted by molar-refractivity contribution is -0.138. The van der Waals surface area contributed by atoms with E-state index in [4.69, 9.17) is 4.74 Å². The first-order chi connectivity index (χ1) is 12.8. The Morgan fingerprint density at radius 3 is 2.78 bits per heavy atom. The number of amides is 1. The van der Waals surface area contributed by atoms with Gasteiger partial charge in [-0.15, -0.1) is 0 Å². The Morgan fingerprint density at radius 2 is 2.07 bits per heavy atom. The number of rotatable bonds is 4. The molecule has 2 heterocycles. The second-order valence-electron chi connectivity index (χ2n) is 7.82. The first-order valence-corrected chi connectivity index (χ1v) is 9.29. The Kier molecular flexibility index (Phi) is 5.51. The third-order valence-corrected chi connectivity index (χ3v) is 4.91. The van der Waals surface area contributed by atoms with E-state index in [1.807, 2.05) is 0 Å². The summed E-state index contributed by atoms with van der Waals surface area (Å²) in [5.41, 5.74) is 1.34. The zero-order valence-electron chi connectivity index (χ0n) is 16.0. The van der Waals surface area contributed by atoms with Crippen molar-refractivity contribution in [3.63, 3.8) is 0 Å². The number of fused-ring (bicyclic) bond motifs is 1. The number of anilines is 2. The van der Waals surface area contributed by atoms with Crippen LogP contribution in [0.3, 0.4) is 0 Å². The van der Waals surface area contributed by atoms with Gasteiger partial charge in [0.2, 0.25) is 0 Å². The van der Waals surface area contributed by atoms with Crippen molar-refractivity contribution in [1.82, 2.24) is 4.90 Å². The summed E-state index contributed by atoms with van der Waals surface area (Å²) >= 11 is 0. The summed E-state index contributed by atoms with van der Waals surface area (Å²) in [6.45, 7) is 8.33. The van der Waals surface area contributed by atoms with Gasteiger partial charge in [-0.25, -0.2) is 9.18 Å². The lowest BCUT2D eigenvalue weighted by Gasteiger charge is -2.38. The highest BCUT2D eigenvalue weighted by molar-refractivity contribution is 6.13. The SMILES string of the molecule is CCOC(=O)C1=C(CN2CCCC(C)(C)C2)C(=O)Nc2cc(F)ccc2N1. The molecule has 146 valence electrons. The molecule has 2 aliphatic rings. The van der Waals surface area contributed by atoms with Gasteiger partial charge in [-0.2, -0.15) is 0 Å². The fraction of sp³-hybridized carbons (Fsp3) is 0.500. The fourth-order valence-corrected chi connectivity index (χ4v) is 3.68. The van der Waals surface area contributed by atoms with Crippen LogP contribution in [0.5, 0.6) is 0 Å². The maximum Gasteiger partial charge on any atom is 0.355 e. The van der Waals surface area contributed by atoms with Crippen LogP contribution < -0.4 is 10.6 Å². The number of hydrogen-bond acceptors (Lipinski definition) is 5. The molecule has 0 saturated carbocycles. The molecule has 0 aromatic heterocycles. The van der Waals surface area contributed by atoms with Crippen LogP contribution in [0.15, 0.2) is 29.5 Å². The molecule has 0 spiro atoms. The van der Waals surface area contributed by atoms with E-state index in [1.165, 1.54) is 18.2 Å². The third-order valence-electron chi connectivity index (χ3n) is 4.91. The van der Waals surface area contributed by atoms with Crippen LogP contribution in [0.4, 0.5) is 15.8 Å². The molecule has 0 aliphatic carbocycles. The standard InChI is InChI=1S/C20H26FN3O3/c1-4-27-19(26)17-14(11-24-9-5-8-20(2,3)12-24)18(25)23-16-10-13(21)6-7-15(16)22-17/h6-7,10,22H,4-5,8-9,11-12H2,1-3H3,(H,23,25). The Morgan fingerprint density at radius 1 is 1.30 bits per heavy atom. The molecule has 1 aromatic carbocycles. The normalized spacial score (nSPS) is 19.6. The Balaban J connectivity index is 1.95. The van der Waals surface area contributed by atoms with Gasteiger partial charge in [0.25, 0.3) is 5.91 Å². The lowest BCUT2D eigenvalue weighted by Crippen LogP contribution is -2.42. The van der Waals surface area contributed by atoms with Gasteiger partial charge in [0.15, 0.2) is 0 Å². The first kappa shape index (κ1) is 19.4. The van der Waals surface area contributed by atoms with Crippen molar-refractivity contribution >= 4 is 23.3 Å². The maximum absolute atomic E-state index is 13.6. The number of nitrogens with one attached hydrogen (secondary N) is 2. The Hall–Kier alpha value is -2.41. The second kappa shape index (κ2) is 7.68. The molecule has 1 amide bonds. The average Bonchev–Trinajstić information content (AvgIpc) is 2.71. The van der Waals surface area contributed by atoms with Crippen LogP contribution >= 0.6 is 0 Å². The molecular formula is C20H26FN3O3. The Labute approximate surface area is 158 Å². The third kappa shape index (κ3) is 4.47. The van der Waals surface area contributed by atoms with Gasteiger partial charge in [0.1, 0.15) is 11.5 Å². The summed E-state index contributed by atoms with van der Waals surface area (Å²) in [4.78, 5) is 27.6. The molecule has 2 aliphatic heterocycles. The summed E-state index contributed by atoms with van der Waals surface area (Å²) in [6.07, 6.45) is 2.16. The van der Waals surface area contributed by atoms with E-state index >= 15 is 0 Å². The fourth-order valence-electron chi connectivity index (χ4n) is 3.68. The topological polar surface area (TPSA) is 70.7 Å². The van der Waals surface area contributed by atoms with E-state index < -0.39 is 17.7 Å². The minimum Gasteiger partial charge on any atom is -0.461 e. The van der Waals surface area contributed by atoms with Crippen molar-refractivity contribution in [2.24, 2.45) is 5.41 Å². The van der Waals surface area contributed by atoms with Gasteiger partial charge in [-0.05, 0) is 49.9 Å². The van der Waals surface area contributed by atoms with E-state index in [2.05, 4.69) is 29.4 Å². The summed E-state index contributed by atoms with van der Waals surface area (Å²) in [7, 11) is 0. The number of piperidine rings is 1. The van der Waals surface area contributed by atoms with Crippen molar-refractivity contribution in [1.29, 1.82) is 0 Å². The van der Waals surface area contributed by atoms with Crippen LogP contribution in [0.25, 0.3) is 0 Å². The molecule has 6 nitrogen and oxygen atoms in total. The van der Waals surface area contributed by atoms with E-state index in [0.29, 0.717) is 23.5 Å². The molecule has 1 aromatic rings. The molecule has 2 N–H and O–H groups in total. The smallest absolute Gasteiger partial charge is 0.355 e. The summed E-state index contributed by atoms with van der Waals surface area (Å²) in [5, 5.41) is 5.71. The highest BCUT2D eigenvalue weighted by Crippen LogP contribution is 2.32. The number of likely N-dealkylation sites (tertiary alicyclic amines) is 1. The minimum absolute atomic E-state index is 0.114. The van der Waals surface area contributed by atoms with Gasteiger partial charge in [0, 0.05) is 13.1 Å². The summed E-state index contributed by atoms with van der Waals surface area (Å²) < 4.78 is 18.7.